The zero-order valence-corrected chi connectivity index (χ0v) is 13.5. The summed E-state index contributed by atoms with van der Waals surface area (Å²) in [7, 11) is 0. The van der Waals surface area contributed by atoms with Crippen LogP contribution in [0.3, 0.4) is 0 Å². The molecule has 0 aliphatic heterocycles. The Labute approximate surface area is 125 Å². The lowest BCUT2D eigenvalue weighted by Gasteiger charge is -2.20. The maximum absolute atomic E-state index is 11.6. The predicted molar refractivity (Wildman–Crippen MR) is 76.6 cm³/mol. The molecule has 6 nitrogen and oxygen atoms in total. The van der Waals surface area contributed by atoms with Gasteiger partial charge in [-0.25, -0.2) is 0 Å². The summed E-state index contributed by atoms with van der Waals surface area (Å²) in [5.74, 6) is -1.77. The molecule has 0 aliphatic rings. The fraction of sp³-hybridized carbons (Fsp3) is 0.800. The Morgan fingerprint density at radius 3 is 1.95 bits per heavy atom. The molecule has 0 spiro atoms. The fourth-order valence-electron chi connectivity index (χ4n) is 1.22. The van der Waals surface area contributed by atoms with Crippen molar-refractivity contribution in [3.8, 4) is 0 Å². The van der Waals surface area contributed by atoms with E-state index in [1.54, 1.807) is 27.7 Å². The number of carbonyl (C=O) groups is 3. The van der Waals surface area contributed by atoms with Crippen LogP contribution in [0.25, 0.3) is 0 Å². The molecular weight excluding hydrogens is 276 g/mol. The van der Waals surface area contributed by atoms with Crippen molar-refractivity contribution in [2.45, 2.75) is 53.9 Å². The van der Waals surface area contributed by atoms with E-state index in [0.717, 1.165) is 0 Å². The smallest absolute Gasteiger partial charge is 0.311 e. The molecule has 0 fully saturated rings. The van der Waals surface area contributed by atoms with Crippen LogP contribution >= 0.6 is 0 Å². The first-order valence-corrected chi connectivity index (χ1v) is 7.09. The van der Waals surface area contributed by atoms with Crippen LogP contribution in [0.15, 0.2) is 0 Å². The monoisotopic (exact) mass is 302 g/mol. The average molecular weight is 302 g/mol. The van der Waals surface area contributed by atoms with Crippen LogP contribution in [-0.4, -0.2) is 36.2 Å². The van der Waals surface area contributed by atoms with Gasteiger partial charge in [-0.05, 0) is 40.5 Å². The van der Waals surface area contributed by atoms with Gasteiger partial charge in [0.05, 0.1) is 10.8 Å². The van der Waals surface area contributed by atoms with E-state index in [0.29, 0.717) is 6.42 Å². The number of esters is 2. The number of carboxylic acids is 1. The number of hydrogen-bond acceptors (Lipinski definition) is 5. The standard InChI is InChI=1S/C15H26O6/c1-6-14(2,3)13(19)21-10-9-20-11(16)7-8-15(4,5)12(17)18/h6-10H2,1-5H3,(H,17,18). The minimum atomic E-state index is -0.962. The summed E-state index contributed by atoms with van der Waals surface area (Å²) in [5, 5.41) is 8.92. The predicted octanol–water partition coefficient (Wildman–Crippen LogP) is 2.40. The lowest BCUT2D eigenvalue weighted by atomic mass is 9.88. The van der Waals surface area contributed by atoms with Crippen LogP contribution in [-0.2, 0) is 23.9 Å². The van der Waals surface area contributed by atoms with Crippen molar-refractivity contribution in [3.63, 3.8) is 0 Å². The SMILES string of the molecule is CCC(C)(C)C(=O)OCCOC(=O)CCC(C)(C)C(=O)O. The van der Waals surface area contributed by atoms with Crippen LogP contribution in [0, 0.1) is 10.8 Å². The van der Waals surface area contributed by atoms with Crippen molar-refractivity contribution in [3.05, 3.63) is 0 Å². The van der Waals surface area contributed by atoms with Gasteiger partial charge in [-0.2, -0.15) is 0 Å². The molecule has 0 aliphatic carbocycles. The summed E-state index contributed by atoms with van der Waals surface area (Å²) < 4.78 is 9.93. The van der Waals surface area contributed by atoms with Crippen molar-refractivity contribution in [1.29, 1.82) is 0 Å². The summed E-state index contributed by atoms with van der Waals surface area (Å²) in [6.45, 7) is 8.57. The van der Waals surface area contributed by atoms with Crippen molar-refractivity contribution in [2.75, 3.05) is 13.2 Å². The van der Waals surface area contributed by atoms with Crippen molar-refractivity contribution < 1.29 is 29.0 Å². The quantitative estimate of drug-likeness (QED) is 0.519. The first kappa shape index (κ1) is 19.4. The van der Waals surface area contributed by atoms with Gasteiger partial charge in [-0.1, -0.05) is 6.92 Å². The molecule has 0 amide bonds. The van der Waals surface area contributed by atoms with Gasteiger partial charge in [0.15, 0.2) is 0 Å². The van der Waals surface area contributed by atoms with E-state index in [2.05, 4.69) is 0 Å². The summed E-state index contributed by atoms with van der Waals surface area (Å²) in [5.41, 5.74) is -1.51. The van der Waals surface area contributed by atoms with Gasteiger partial charge in [0.25, 0.3) is 0 Å². The fourth-order valence-corrected chi connectivity index (χ4v) is 1.22. The summed E-state index contributed by atoms with van der Waals surface area (Å²) in [4.78, 5) is 34.0. The van der Waals surface area contributed by atoms with E-state index in [4.69, 9.17) is 14.6 Å². The molecule has 0 saturated carbocycles. The third kappa shape index (κ3) is 7.11. The molecule has 0 radical (unpaired) electrons. The first-order chi connectivity index (χ1) is 9.53. The van der Waals surface area contributed by atoms with Gasteiger partial charge in [-0.3, -0.25) is 14.4 Å². The Balaban J connectivity index is 3.92. The highest BCUT2D eigenvalue weighted by molar-refractivity contribution is 5.76. The third-order valence-electron chi connectivity index (χ3n) is 3.55. The van der Waals surface area contributed by atoms with Crippen LogP contribution < -0.4 is 0 Å². The molecule has 0 aromatic heterocycles. The second kappa shape index (κ2) is 8.00. The number of aliphatic carboxylic acids is 1. The molecule has 1 N–H and O–H groups in total. The zero-order valence-electron chi connectivity index (χ0n) is 13.5. The van der Waals surface area contributed by atoms with Crippen molar-refractivity contribution in [2.24, 2.45) is 10.8 Å². The molecule has 0 aromatic rings. The van der Waals surface area contributed by atoms with Gasteiger partial charge in [0, 0.05) is 6.42 Å². The molecular formula is C15H26O6. The maximum Gasteiger partial charge on any atom is 0.311 e. The van der Waals surface area contributed by atoms with Gasteiger partial charge < -0.3 is 14.6 Å². The van der Waals surface area contributed by atoms with Crippen molar-refractivity contribution >= 4 is 17.9 Å². The third-order valence-corrected chi connectivity index (χ3v) is 3.55. The Hall–Kier alpha value is -1.59. The minimum Gasteiger partial charge on any atom is -0.481 e. The van der Waals surface area contributed by atoms with E-state index in [1.165, 1.54) is 0 Å². The number of hydrogen-bond donors (Lipinski definition) is 1. The van der Waals surface area contributed by atoms with Gasteiger partial charge >= 0.3 is 17.9 Å². The average Bonchev–Trinajstić information content (AvgIpc) is 2.40. The number of ether oxygens (including phenoxy) is 2. The summed E-state index contributed by atoms with van der Waals surface area (Å²) >= 11 is 0. The zero-order chi connectivity index (χ0) is 16.7. The Bertz CT molecular complexity index is 384. The Morgan fingerprint density at radius 1 is 0.952 bits per heavy atom. The van der Waals surface area contributed by atoms with Crippen LogP contribution in [0.4, 0.5) is 0 Å². The minimum absolute atomic E-state index is 0.0102. The van der Waals surface area contributed by atoms with Crippen LogP contribution in [0.1, 0.15) is 53.9 Å². The molecule has 0 saturated heterocycles. The highest BCUT2D eigenvalue weighted by Crippen LogP contribution is 2.23. The summed E-state index contributed by atoms with van der Waals surface area (Å²) in [6, 6.07) is 0. The molecule has 0 rings (SSSR count). The normalized spacial score (nSPS) is 11.9. The molecule has 0 unspecified atom stereocenters. The van der Waals surface area contributed by atoms with E-state index in [-0.39, 0.29) is 32.0 Å². The molecule has 122 valence electrons. The topological polar surface area (TPSA) is 89.9 Å². The largest absolute Gasteiger partial charge is 0.481 e. The van der Waals surface area contributed by atoms with Gasteiger partial charge in [0.1, 0.15) is 13.2 Å². The number of carbonyl (C=O) groups excluding carboxylic acids is 2. The molecule has 0 heterocycles. The molecule has 6 heteroatoms. The molecule has 0 atom stereocenters. The van der Waals surface area contributed by atoms with E-state index in [1.807, 2.05) is 6.92 Å². The lowest BCUT2D eigenvalue weighted by molar-refractivity contribution is -0.159. The highest BCUT2D eigenvalue weighted by Gasteiger charge is 2.28. The first-order valence-electron chi connectivity index (χ1n) is 7.09. The van der Waals surface area contributed by atoms with E-state index in [9.17, 15) is 14.4 Å². The number of carboxylic acid groups (broad SMARTS) is 1. The van der Waals surface area contributed by atoms with Gasteiger partial charge in [-0.15, -0.1) is 0 Å². The van der Waals surface area contributed by atoms with Crippen LogP contribution in [0.5, 0.6) is 0 Å². The highest BCUT2D eigenvalue weighted by atomic mass is 16.6. The molecule has 0 bridgehead atoms. The lowest BCUT2D eigenvalue weighted by Crippen LogP contribution is -2.27. The van der Waals surface area contributed by atoms with Gasteiger partial charge in [0.2, 0.25) is 0 Å². The van der Waals surface area contributed by atoms with Crippen LogP contribution in [0.2, 0.25) is 0 Å². The maximum atomic E-state index is 11.6. The van der Waals surface area contributed by atoms with Crippen molar-refractivity contribution in [1.82, 2.24) is 0 Å². The Morgan fingerprint density at radius 2 is 1.48 bits per heavy atom. The second-order valence-corrected chi connectivity index (χ2v) is 6.28. The Kier molecular flexibility index (Phi) is 7.39. The summed E-state index contributed by atoms with van der Waals surface area (Å²) in [6.07, 6.45) is 0.882. The number of rotatable bonds is 9. The second-order valence-electron chi connectivity index (χ2n) is 6.28. The molecule has 21 heavy (non-hydrogen) atoms. The molecule has 0 aromatic carbocycles. The van der Waals surface area contributed by atoms with E-state index >= 15 is 0 Å². The van der Waals surface area contributed by atoms with E-state index < -0.39 is 22.8 Å².